The third-order valence-electron chi connectivity index (χ3n) is 2.09. The van der Waals surface area contributed by atoms with Crippen LogP contribution in [0.1, 0.15) is 31.5 Å². The molecule has 1 aromatic rings. The predicted octanol–water partition coefficient (Wildman–Crippen LogP) is 1.29. The molecule has 0 aromatic carbocycles. The van der Waals surface area contributed by atoms with E-state index < -0.39 is 0 Å². The van der Waals surface area contributed by atoms with Gasteiger partial charge in [-0.15, -0.1) is 0 Å². The fraction of sp³-hybridized carbons (Fsp3) is 0.556. The first-order valence-corrected chi connectivity index (χ1v) is 4.38. The zero-order valence-corrected chi connectivity index (χ0v) is 7.20. The molecule has 64 valence electrons. The summed E-state index contributed by atoms with van der Waals surface area (Å²) in [4.78, 5) is 8.27. The van der Waals surface area contributed by atoms with Crippen molar-refractivity contribution in [1.29, 1.82) is 0 Å². The van der Waals surface area contributed by atoms with Crippen molar-refractivity contribution in [3.63, 3.8) is 0 Å². The van der Waals surface area contributed by atoms with Gasteiger partial charge in [0.15, 0.2) is 0 Å². The van der Waals surface area contributed by atoms with Crippen LogP contribution in [0.3, 0.4) is 0 Å². The summed E-state index contributed by atoms with van der Waals surface area (Å²) in [6.07, 6.45) is 7.88. The van der Waals surface area contributed by atoms with Crippen molar-refractivity contribution < 1.29 is 0 Å². The van der Waals surface area contributed by atoms with E-state index in [4.69, 9.17) is 0 Å². The van der Waals surface area contributed by atoms with Crippen molar-refractivity contribution in [3.8, 4) is 0 Å². The zero-order valence-electron chi connectivity index (χ0n) is 7.20. The second kappa shape index (κ2) is 3.19. The third-order valence-corrected chi connectivity index (χ3v) is 2.09. The van der Waals surface area contributed by atoms with E-state index in [0.29, 0.717) is 6.04 Å². The van der Waals surface area contributed by atoms with E-state index in [-0.39, 0.29) is 0 Å². The Balaban J connectivity index is 1.98. The quantitative estimate of drug-likeness (QED) is 0.729. The lowest BCUT2D eigenvalue weighted by Gasteiger charge is -2.10. The molecule has 0 aliphatic heterocycles. The molecule has 3 nitrogen and oxygen atoms in total. The monoisotopic (exact) mass is 163 g/mol. The van der Waals surface area contributed by atoms with Gasteiger partial charge in [0.25, 0.3) is 0 Å². The Labute approximate surface area is 72.2 Å². The minimum atomic E-state index is 0.339. The van der Waals surface area contributed by atoms with Gasteiger partial charge >= 0.3 is 0 Å². The van der Waals surface area contributed by atoms with Gasteiger partial charge < -0.3 is 5.32 Å². The molecule has 0 saturated heterocycles. The van der Waals surface area contributed by atoms with E-state index in [9.17, 15) is 0 Å². The van der Waals surface area contributed by atoms with Gasteiger partial charge in [-0.2, -0.15) is 0 Å². The van der Waals surface area contributed by atoms with Crippen LogP contribution in [-0.4, -0.2) is 16.0 Å². The summed E-state index contributed by atoms with van der Waals surface area (Å²) in [6.45, 7) is 2.13. The highest BCUT2D eigenvalue weighted by Crippen LogP contribution is 2.22. The van der Waals surface area contributed by atoms with Gasteiger partial charge in [0, 0.05) is 30.7 Å². The average molecular weight is 163 g/mol. The van der Waals surface area contributed by atoms with Crippen LogP contribution in [0.2, 0.25) is 0 Å². The number of rotatable bonds is 3. The minimum Gasteiger partial charge on any atom is -0.306 e. The summed E-state index contributed by atoms with van der Waals surface area (Å²) in [5, 5.41) is 3.47. The fourth-order valence-electron chi connectivity index (χ4n) is 1.22. The van der Waals surface area contributed by atoms with Crippen molar-refractivity contribution in [1.82, 2.24) is 15.3 Å². The molecule has 0 amide bonds. The lowest BCUT2D eigenvalue weighted by Crippen LogP contribution is -2.21. The van der Waals surface area contributed by atoms with E-state index in [0.717, 1.165) is 11.7 Å². The molecule has 1 fully saturated rings. The Morgan fingerprint density at radius 2 is 2.33 bits per heavy atom. The first-order valence-electron chi connectivity index (χ1n) is 4.38. The highest BCUT2D eigenvalue weighted by molar-refractivity contribution is 5.02. The fourth-order valence-corrected chi connectivity index (χ4v) is 1.22. The maximum absolute atomic E-state index is 4.23. The Bertz CT molecular complexity index is 243. The summed E-state index contributed by atoms with van der Waals surface area (Å²) < 4.78 is 0. The van der Waals surface area contributed by atoms with Gasteiger partial charge in [-0.1, -0.05) is 0 Å². The largest absolute Gasteiger partial charge is 0.306 e. The number of nitrogens with one attached hydrogen (secondary N) is 1. The second-order valence-corrected chi connectivity index (χ2v) is 3.29. The van der Waals surface area contributed by atoms with Crippen molar-refractivity contribution in [2.24, 2.45) is 0 Å². The normalized spacial score (nSPS) is 19.1. The summed E-state index contributed by atoms with van der Waals surface area (Å²) in [5.41, 5.74) is 1.03. The van der Waals surface area contributed by atoms with Crippen LogP contribution in [0.4, 0.5) is 0 Å². The maximum atomic E-state index is 4.23. The summed E-state index contributed by atoms with van der Waals surface area (Å²) in [5.74, 6) is 0. The number of aromatic nitrogens is 2. The number of hydrogen-bond acceptors (Lipinski definition) is 3. The molecular weight excluding hydrogens is 150 g/mol. The molecule has 0 spiro atoms. The van der Waals surface area contributed by atoms with Crippen LogP contribution >= 0.6 is 0 Å². The smallest absolute Gasteiger partial charge is 0.0753 e. The second-order valence-electron chi connectivity index (χ2n) is 3.29. The Morgan fingerprint density at radius 3 is 2.92 bits per heavy atom. The van der Waals surface area contributed by atoms with Gasteiger partial charge in [-0.25, -0.2) is 0 Å². The topological polar surface area (TPSA) is 37.8 Å². The van der Waals surface area contributed by atoms with Gasteiger partial charge in [-0.3, -0.25) is 9.97 Å². The molecule has 1 heterocycles. The Kier molecular flexibility index (Phi) is 2.04. The van der Waals surface area contributed by atoms with E-state index in [1.807, 2.05) is 6.20 Å². The van der Waals surface area contributed by atoms with Gasteiger partial charge in [0.2, 0.25) is 0 Å². The van der Waals surface area contributed by atoms with Crippen molar-refractivity contribution in [2.75, 3.05) is 0 Å². The van der Waals surface area contributed by atoms with Gasteiger partial charge in [-0.05, 0) is 19.8 Å². The van der Waals surface area contributed by atoms with Crippen LogP contribution in [0.15, 0.2) is 18.6 Å². The molecule has 1 aliphatic carbocycles. The zero-order chi connectivity index (χ0) is 8.39. The molecule has 1 aliphatic rings. The molecule has 1 atom stereocenters. The molecule has 1 N–H and O–H groups in total. The summed E-state index contributed by atoms with van der Waals surface area (Å²) >= 11 is 0. The Morgan fingerprint density at radius 1 is 1.50 bits per heavy atom. The van der Waals surface area contributed by atoms with E-state index in [1.165, 1.54) is 12.8 Å². The number of nitrogens with zero attached hydrogens (tertiary/aromatic N) is 2. The lowest BCUT2D eigenvalue weighted by atomic mass is 10.2. The first kappa shape index (κ1) is 7.68. The van der Waals surface area contributed by atoms with Crippen LogP contribution < -0.4 is 5.32 Å². The average Bonchev–Trinajstić information content (AvgIpc) is 2.90. The van der Waals surface area contributed by atoms with Crippen LogP contribution in [0.5, 0.6) is 0 Å². The molecular formula is C9H13N3. The van der Waals surface area contributed by atoms with Crippen LogP contribution in [-0.2, 0) is 0 Å². The van der Waals surface area contributed by atoms with Crippen molar-refractivity contribution >= 4 is 0 Å². The summed E-state index contributed by atoms with van der Waals surface area (Å²) in [7, 11) is 0. The minimum absolute atomic E-state index is 0.339. The highest BCUT2D eigenvalue weighted by Gasteiger charge is 2.23. The molecule has 3 heteroatoms. The van der Waals surface area contributed by atoms with Gasteiger partial charge in [0.05, 0.1) is 5.69 Å². The molecule has 2 rings (SSSR count). The van der Waals surface area contributed by atoms with Crippen LogP contribution in [0, 0.1) is 0 Å². The standard InChI is InChI=1S/C9H13N3/c1-7(12-8-2-3-8)9-6-10-4-5-11-9/h4-8,12H,2-3H2,1H3/t7-/m1/s1. The molecule has 1 aromatic heterocycles. The maximum Gasteiger partial charge on any atom is 0.0753 e. The van der Waals surface area contributed by atoms with Crippen molar-refractivity contribution in [3.05, 3.63) is 24.3 Å². The molecule has 0 radical (unpaired) electrons. The summed E-state index contributed by atoms with van der Waals surface area (Å²) in [6, 6.07) is 1.06. The first-order chi connectivity index (χ1) is 5.86. The lowest BCUT2D eigenvalue weighted by molar-refractivity contribution is 0.556. The predicted molar refractivity (Wildman–Crippen MR) is 46.6 cm³/mol. The number of hydrogen-bond donors (Lipinski definition) is 1. The molecule has 1 saturated carbocycles. The van der Waals surface area contributed by atoms with E-state index >= 15 is 0 Å². The van der Waals surface area contributed by atoms with Crippen LogP contribution in [0.25, 0.3) is 0 Å². The highest BCUT2D eigenvalue weighted by atomic mass is 15.0. The van der Waals surface area contributed by atoms with Crippen molar-refractivity contribution in [2.45, 2.75) is 31.8 Å². The third kappa shape index (κ3) is 1.80. The molecule has 12 heavy (non-hydrogen) atoms. The van der Waals surface area contributed by atoms with Gasteiger partial charge in [0.1, 0.15) is 0 Å². The molecule has 0 unspecified atom stereocenters. The van der Waals surface area contributed by atoms with E-state index in [2.05, 4.69) is 22.2 Å². The SMILES string of the molecule is C[C@@H](NC1CC1)c1cnccn1. The van der Waals surface area contributed by atoms with E-state index in [1.54, 1.807) is 12.4 Å². The molecule has 0 bridgehead atoms. The Hall–Kier alpha value is -0.960.